The fourth-order valence-corrected chi connectivity index (χ4v) is 2.59. The van der Waals surface area contributed by atoms with Crippen molar-refractivity contribution in [3.05, 3.63) is 65.4 Å². The number of benzene rings is 2. The lowest BCUT2D eigenvalue weighted by Crippen LogP contribution is -2.03. The van der Waals surface area contributed by atoms with E-state index in [4.69, 9.17) is 5.73 Å². The number of rotatable bonds is 3. The molecular weight excluding hydrogens is 270 g/mol. The highest BCUT2D eigenvalue weighted by atomic mass is 15.3. The van der Waals surface area contributed by atoms with Gasteiger partial charge in [-0.25, -0.2) is 0 Å². The van der Waals surface area contributed by atoms with Crippen molar-refractivity contribution in [2.75, 3.05) is 0 Å². The van der Waals surface area contributed by atoms with Crippen LogP contribution in [-0.2, 0) is 13.6 Å². The van der Waals surface area contributed by atoms with Crippen LogP contribution in [0, 0.1) is 13.8 Å². The standard InChI is InChI=1S/C19H21N3/c1-13-4-5-17(10-14(13)2)15-6-8-16(9-7-15)19-11-18(12-20)22(3)21-19/h4-11H,12,20H2,1-3H3. The van der Waals surface area contributed by atoms with E-state index in [1.54, 1.807) is 0 Å². The van der Waals surface area contributed by atoms with E-state index in [0.29, 0.717) is 6.54 Å². The molecule has 1 heterocycles. The molecule has 0 bridgehead atoms. The maximum atomic E-state index is 5.71. The summed E-state index contributed by atoms with van der Waals surface area (Å²) in [6, 6.07) is 17.2. The van der Waals surface area contributed by atoms with Crippen molar-refractivity contribution in [1.82, 2.24) is 9.78 Å². The van der Waals surface area contributed by atoms with Crippen molar-refractivity contribution >= 4 is 0 Å². The van der Waals surface area contributed by atoms with Crippen LogP contribution >= 0.6 is 0 Å². The van der Waals surface area contributed by atoms with Gasteiger partial charge in [-0.15, -0.1) is 0 Å². The van der Waals surface area contributed by atoms with E-state index in [0.717, 1.165) is 17.0 Å². The third kappa shape index (κ3) is 2.68. The van der Waals surface area contributed by atoms with Gasteiger partial charge in [-0.05, 0) is 42.2 Å². The molecular formula is C19H21N3. The van der Waals surface area contributed by atoms with Gasteiger partial charge in [0.2, 0.25) is 0 Å². The van der Waals surface area contributed by atoms with Crippen LogP contribution in [0.2, 0.25) is 0 Å². The molecule has 0 saturated heterocycles. The molecule has 1 aromatic heterocycles. The number of aromatic nitrogens is 2. The van der Waals surface area contributed by atoms with Gasteiger partial charge in [-0.3, -0.25) is 4.68 Å². The molecule has 0 aliphatic rings. The minimum Gasteiger partial charge on any atom is -0.325 e. The molecule has 2 N–H and O–H groups in total. The molecule has 0 radical (unpaired) electrons. The Labute approximate surface area is 131 Å². The van der Waals surface area contributed by atoms with Gasteiger partial charge in [0.15, 0.2) is 0 Å². The van der Waals surface area contributed by atoms with Crippen LogP contribution in [0.1, 0.15) is 16.8 Å². The SMILES string of the molecule is Cc1ccc(-c2ccc(-c3cc(CN)n(C)n3)cc2)cc1C. The van der Waals surface area contributed by atoms with Crippen LogP contribution < -0.4 is 5.73 Å². The largest absolute Gasteiger partial charge is 0.325 e. The molecule has 0 atom stereocenters. The second kappa shape index (κ2) is 5.78. The lowest BCUT2D eigenvalue weighted by molar-refractivity contribution is 0.714. The van der Waals surface area contributed by atoms with E-state index in [-0.39, 0.29) is 0 Å². The Morgan fingerprint density at radius 1 is 0.864 bits per heavy atom. The van der Waals surface area contributed by atoms with E-state index in [9.17, 15) is 0 Å². The zero-order valence-electron chi connectivity index (χ0n) is 13.3. The van der Waals surface area contributed by atoms with Crippen molar-refractivity contribution in [3.8, 4) is 22.4 Å². The Morgan fingerprint density at radius 2 is 1.50 bits per heavy atom. The lowest BCUT2D eigenvalue weighted by atomic mass is 9.99. The fraction of sp³-hybridized carbons (Fsp3) is 0.211. The minimum atomic E-state index is 0.504. The first-order valence-electron chi connectivity index (χ1n) is 7.49. The highest BCUT2D eigenvalue weighted by molar-refractivity contribution is 5.69. The van der Waals surface area contributed by atoms with Crippen LogP contribution in [0.5, 0.6) is 0 Å². The normalized spacial score (nSPS) is 10.9. The molecule has 112 valence electrons. The van der Waals surface area contributed by atoms with Crippen LogP contribution in [0.25, 0.3) is 22.4 Å². The summed E-state index contributed by atoms with van der Waals surface area (Å²) in [5.74, 6) is 0. The molecule has 0 amide bonds. The van der Waals surface area contributed by atoms with Gasteiger partial charge >= 0.3 is 0 Å². The Kier molecular flexibility index (Phi) is 3.82. The lowest BCUT2D eigenvalue weighted by Gasteiger charge is -2.06. The van der Waals surface area contributed by atoms with E-state index in [1.165, 1.54) is 22.3 Å². The van der Waals surface area contributed by atoms with Crippen LogP contribution in [0.4, 0.5) is 0 Å². The van der Waals surface area contributed by atoms with Gasteiger partial charge in [0.25, 0.3) is 0 Å². The number of nitrogens with zero attached hydrogens (tertiary/aromatic N) is 2. The molecule has 0 spiro atoms. The molecule has 3 heteroatoms. The van der Waals surface area contributed by atoms with Crippen molar-refractivity contribution in [1.29, 1.82) is 0 Å². The quantitative estimate of drug-likeness (QED) is 0.797. The van der Waals surface area contributed by atoms with E-state index in [1.807, 2.05) is 17.8 Å². The molecule has 3 aromatic rings. The first-order valence-corrected chi connectivity index (χ1v) is 7.49. The van der Waals surface area contributed by atoms with Gasteiger partial charge in [0.1, 0.15) is 0 Å². The van der Waals surface area contributed by atoms with Crippen LogP contribution in [0.15, 0.2) is 48.5 Å². The van der Waals surface area contributed by atoms with Crippen molar-refractivity contribution < 1.29 is 0 Å². The smallest absolute Gasteiger partial charge is 0.0926 e. The summed E-state index contributed by atoms with van der Waals surface area (Å²) in [5.41, 5.74) is 13.9. The summed E-state index contributed by atoms with van der Waals surface area (Å²) in [6.07, 6.45) is 0. The highest BCUT2D eigenvalue weighted by Crippen LogP contribution is 2.26. The maximum absolute atomic E-state index is 5.71. The van der Waals surface area contributed by atoms with Crippen molar-refractivity contribution in [2.45, 2.75) is 20.4 Å². The average Bonchev–Trinajstić information content (AvgIpc) is 2.91. The molecule has 2 aromatic carbocycles. The fourth-order valence-electron chi connectivity index (χ4n) is 2.59. The van der Waals surface area contributed by atoms with Gasteiger partial charge < -0.3 is 5.73 Å². The third-order valence-electron chi connectivity index (χ3n) is 4.21. The van der Waals surface area contributed by atoms with Gasteiger partial charge in [0.05, 0.1) is 11.4 Å². The predicted octanol–water partition coefficient (Wildman–Crippen LogP) is 3.83. The summed E-state index contributed by atoms with van der Waals surface area (Å²) in [7, 11) is 1.93. The maximum Gasteiger partial charge on any atom is 0.0926 e. The van der Waals surface area contributed by atoms with Gasteiger partial charge in [-0.1, -0.05) is 42.5 Å². The summed E-state index contributed by atoms with van der Waals surface area (Å²) in [5, 5.41) is 4.52. The van der Waals surface area contributed by atoms with Crippen LogP contribution in [-0.4, -0.2) is 9.78 Å². The molecule has 3 nitrogen and oxygen atoms in total. The van der Waals surface area contributed by atoms with E-state index < -0.39 is 0 Å². The predicted molar refractivity (Wildman–Crippen MR) is 91.4 cm³/mol. The summed E-state index contributed by atoms with van der Waals surface area (Å²) in [4.78, 5) is 0. The molecule has 3 rings (SSSR count). The molecule has 0 unspecified atom stereocenters. The Balaban J connectivity index is 1.93. The minimum absolute atomic E-state index is 0.504. The number of hydrogen-bond donors (Lipinski definition) is 1. The topological polar surface area (TPSA) is 43.8 Å². The molecule has 0 aliphatic heterocycles. The zero-order chi connectivity index (χ0) is 15.7. The van der Waals surface area contributed by atoms with Crippen molar-refractivity contribution in [2.24, 2.45) is 12.8 Å². The van der Waals surface area contributed by atoms with Crippen molar-refractivity contribution in [3.63, 3.8) is 0 Å². The average molecular weight is 291 g/mol. The molecule has 0 aliphatic carbocycles. The second-order valence-corrected chi connectivity index (χ2v) is 5.73. The highest BCUT2D eigenvalue weighted by Gasteiger charge is 2.07. The number of nitrogens with two attached hydrogens (primary N) is 1. The zero-order valence-corrected chi connectivity index (χ0v) is 13.3. The Bertz CT molecular complexity index is 798. The van der Waals surface area contributed by atoms with E-state index in [2.05, 4.69) is 61.4 Å². The first kappa shape index (κ1) is 14.5. The Morgan fingerprint density at radius 3 is 2.09 bits per heavy atom. The van der Waals surface area contributed by atoms with Crippen LogP contribution in [0.3, 0.4) is 0 Å². The number of aryl methyl sites for hydroxylation is 3. The second-order valence-electron chi connectivity index (χ2n) is 5.73. The summed E-state index contributed by atoms with van der Waals surface area (Å²) >= 11 is 0. The molecule has 22 heavy (non-hydrogen) atoms. The molecule has 0 fully saturated rings. The molecule has 0 saturated carbocycles. The van der Waals surface area contributed by atoms with Gasteiger partial charge in [-0.2, -0.15) is 5.10 Å². The number of hydrogen-bond acceptors (Lipinski definition) is 2. The summed E-state index contributed by atoms with van der Waals surface area (Å²) in [6.45, 7) is 4.79. The van der Waals surface area contributed by atoms with Gasteiger partial charge in [0, 0.05) is 19.2 Å². The Hall–Kier alpha value is -2.39. The summed E-state index contributed by atoms with van der Waals surface area (Å²) < 4.78 is 1.84. The third-order valence-corrected chi connectivity index (χ3v) is 4.21. The monoisotopic (exact) mass is 291 g/mol. The first-order chi connectivity index (χ1) is 10.6. The van der Waals surface area contributed by atoms with E-state index >= 15 is 0 Å².